The average molecular weight is 365 g/mol. The highest BCUT2D eigenvalue weighted by molar-refractivity contribution is 7.99. The number of benzene rings is 1. The van der Waals surface area contributed by atoms with Gasteiger partial charge in [0.25, 0.3) is 0 Å². The Labute approximate surface area is 152 Å². The SMILES string of the molecule is Cc1cc(C)cc(OCCN(C)C(=O)CSc2ccc(Cl)cn2)c1. The highest BCUT2D eigenvalue weighted by Crippen LogP contribution is 2.18. The molecule has 0 aliphatic carbocycles. The molecule has 6 heteroatoms. The molecule has 0 fully saturated rings. The summed E-state index contributed by atoms with van der Waals surface area (Å²) in [7, 11) is 1.78. The van der Waals surface area contributed by atoms with Gasteiger partial charge in [0.1, 0.15) is 12.4 Å². The maximum atomic E-state index is 12.1. The standard InChI is InChI=1S/C18H21ClN2O2S/c1-13-8-14(2)10-16(9-13)23-7-6-21(3)18(22)12-24-17-5-4-15(19)11-20-17/h4-5,8-11H,6-7,12H2,1-3H3. The van der Waals surface area contributed by atoms with Crippen LogP contribution in [-0.4, -0.2) is 41.7 Å². The number of carbonyl (C=O) groups is 1. The molecule has 24 heavy (non-hydrogen) atoms. The number of carbonyl (C=O) groups excluding carboxylic acids is 1. The number of pyridine rings is 1. The largest absolute Gasteiger partial charge is 0.492 e. The Kier molecular flexibility index (Phi) is 6.94. The first-order valence-electron chi connectivity index (χ1n) is 7.63. The third-order valence-corrected chi connectivity index (χ3v) is 4.51. The van der Waals surface area contributed by atoms with Gasteiger partial charge in [0.2, 0.25) is 5.91 Å². The third-order valence-electron chi connectivity index (χ3n) is 3.36. The molecule has 0 atom stereocenters. The molecule has 0 N–H and O–H groups in total. The van der Waals surface area contributed by atoms with E-state index >= 15 is 0 Å². The summed E-state index contributed by atoms with van der Waals surface area (Å²) in [6, 6.07) is 9.67. The molecule has 128 valence electrons. The molecule has 0 saturated carbocycles. The fourth-order valence-corrected chi connectivity index (χ4v) is 3.03. The lowest BCUT2D eigenvalue weighted by Gasteiger charge is -2.17. The highest BCUT2D eigenvalue weighted by atomic mass is 35.5. The summed E-state index contributed by atoms with van der Waals surface area (Å²) in [5.41, 5.74) is 2.34. The van der Waals surface area contributed by atoms with Gasteiger partial charge in [-0.25, -0.2) is 4.98 Å². The highest BCUT2D eigenvalue weighted by Gasteiger charge is 2.10. The van der Waals surface area contributed by atoms with Crippen LogP contribution in [0.15, 0.2) is 41.6 Å². The Bertz CT molecular complexity index is 672. The Hall–Kier alpha value is -1.72. The van der Waals surface area contributed by atoms with E-state index in [1.54, 1.807) is 24.2 Å². The van der Waals surface area contributed by atoms with Gasteiger partial charge in [0.05, 0.1) is 22.3 Å². The van der Waals surface area contributed by atoms with Crippen molar-refractivity contribution in [1.29, 1.82) is 0 Å². The number of halogens is 1. The predicted molar refractivity (Wildman–Crippen MR) is 99.0 cm³/mol. The first-order chi connectivity index (χ1) is 11.4. The van der Waals surface area contributed by atoms with E-state index in [-0.39, 0.29) is 5.91 Å². The Morgan fingerprint density at radius 1 is 1.25 bits per heavy atom. The Balaban J connectivity index is 1.74. The molecule has 1 aromatic heterocycles. The van der Waals surface area contributed by atoms with Crippen LogP contribution in [0.4, 0.5) is 0 Å². The monoisotopic (exact) mass is 364 g/mol. The summed E-state index contributed by atoms with van der Waals surface area (Å²) < 4.78 is 5.74. The zero-order valence-electron chi connectivity index (χ0n) is 14.1. The predicted octanol–water partition coefficient (Wildman–Crippen LogP) is 3.98. The van der Waals surface area contributed by atoms with Crippen molar-refractivity contribution in [3.05, 3.63) is 52.7 Å². The van der Waals surface area contributed by atoms with E-state index in [1.807, 2.05) is 32.0 Å². The number of rotatable bonds is 7. The fourth-order valence-electron chi connectivity index (χ4n) is 2.13. The van der Waals surface area contributed by atoms with Crippen molar-refractivity contribution < 1.29 is 9.53 Å². The zero-order chi connectivity index (χ0) is 17.5. The van der Waals surface area contributed by atoms with Crippen LogP contribution in [0.1, 0.15) is 11.1 Å². The van der Waals surface area contributed by atoms with Crippen LogP contribution in [0.25, 0.3) is 0 Å². The quantitative estimate of drug-likeness (QED) is 0.697. The molecule has 2 rings (SSSR count). The van der Waals surface area contributed by atoms with Crippen molar-refractivity contribution in [3.63, 3.8) is 0 Å². The van der Waals surface area contributed by atoms with Crippen LogP contribution in [0, 0.1) is 13.8 Å². The number of likely N-dealkylation sites (N-methyl/N-ethyl adjacent to an activating group) is 1. The van der Waals surface area contributed by atoms with Gasteiger partial charge in [0, 0.05) is 13.2 Å². The number of ether oxygens (including phenoxy) is 1. The molecule has 0 spiro atoms. The van der Waals surface area contributed by atoms with E-state index in [9.17, 15) is 4.79 Å². The smallest absolute Gasteiger partial charge is 0.232 e. The average Bonchev–Trinajstić information content (AvgIpc) is 2.53. The second-order valence-corrected chi connectivity index (χ2v) is 7.02. The van der Waals surface area contributed by atoms with Gasteiger partial charge < -0.3 is 9.64 Å². The molecule has 0 aliphatic rings. The minimum absolute atomic E-state index is 0.0424. The van der Waals surface area contributed by atoms with Gasteiger partial charge in [-0.2, -0.15) is 0 Å². The van der Waals surface area contributed by atoms with E-state index in [0.29, 0.717) is 23.9 Å². The normalized spacial score (nSPS) is 10.5. The number of aryl methyl sites for hydroxylation is 2. The molecule has 4 nitrogen and oxygen atoms in total. The number of hydrogen-bond donors (Lipinski definition) is 0. The van der Waals surface area contributed by atoms with E-state index < -0.39 is 0 Å². The van der Waals surface area contributed by atoms with Gasteiger partial charge in [-0.15, -0.1) is 0 Å². The Morgan fingerprint density at radius 3 is 2.58 bits per heavy atom. The second-order valence-electron chi connectivity index (χ2n) is 5.59. The fraction of sp³-hybridized carbons (Fsp3) is 0.333. The maximum Gasteiger partial charge on any atom is 0.232 e. The summed E-state index contributed by atoms with van der Waals surface area (Å²) in [5.74, 6) is 1.23. The first-order valence-corrected chi connectivity index (χ1v) is 9.00. The van der Waals surface area contributed by atoms with Crippen LogP contribution in [-0.2, 0) is 4.79 Å². The molecule has 0 aliphatic heterocycles. The molecule has 1 heterocycles. The lowest BCUT2D eigenvalue weighted by Crippen LogP contribution is -2.32. The summed E-state index contributed by atoms with van der Waals surface area (Å²) in [6.07, 6.45) is 1.58. The number of hydrogen-bond acceptors (Lipinski definition) is 4. The molecule has 1 amide bonds. The minimum atomic E-state index is 0.0424. The molecule has 0 radical (unpaired) electrons. The molecule has 2 aromatic rings. The maximum absolute atomic E-state index is 12.1. The topological polar surface area (TPSA) is 42.4 Å². The van der Waals surface area contributed by atoms with Gasteiger partial charge in [-0.05, 0) is 49.2 Å². The van der Waals surface area contributed by atoms with E-state index in [2.05, 4.69) is 11.1 Å². The molecule has 1 aromatic carbocycles. The van der Waals surface area contributed by atoms with Gasteiger partial charge in [-0.3, -0.25) is 4.79 Å². The van der Waals surface area contributed by atoms with Crippen molar-refractivity contribution in [3.8, 4) is 5.75 Å². The summed E-state index contributed by atoms with van der Waals surface area (Å²) in [4.78, 5) is 18.0. The number of aromatic nitrogens is 1. The minimum Gasteiger partial charge on any atom is -0.492 e. The van der Waals surface area contributed by atoms with E-state index in [4.69, 9.17) is 16.3 Å². The van der Waals surface area contributed by atoms with Crippen molar-refractivity contribution in [2.45, 2.75) is 18.9 Å². The zero-order valence-corrected chi connectivity index (χ0v) is 15.7. The van der Waals surface area contributed by atoms with E-state index in [0.717, 1.165) is 10.8 Å². The van der Waals surface area contributed by atoms with Crippen molar-refractivity contribution in [2.75, 3.05) is 26.0 Å². The van der Waals surface area contributed by atoms with Gasteiger partial charge >= 0.3 is 0 Å². The number of amides is 1. The lowest BCUT2D eigenvalue weighted by molar-refractivity contribution is -0.127. The van der Waals surface area contributed by atoms with Crippen molar-refractivity contribution >= 4 is 29.3 Å². The van der Waals surface area contributed by atoms with E-state index in [1.165, 1.54) is 22.9 Å². The molecular weight excluding hydrogens is 344 g/mol. The molecule has 0 unspecified atom stereocenters. The first kappa shape index (κ1) is 18.6. The van der Waals surface area contributed by atoms with Crippen LogP contribution < -0.4 is 4.74 Å². The van der Waals surface area contributed by atoms with Crippen LogP contribution in [0.2, 0.25) is 5.02 Å². The van der Waals surface area contributed by atoms with Crippen LogP contribution in [0.5, 0.6) is 5.75 Å². The van der Waals surface area contributed by atoms with Gasteiger partial charge in [-0.1, -0.05) is 29.4 Å². The Morgan fingerprint density at radius 2 is 1.96 bits per heavy atom. The molecular formula is C18H21ClN2O2S. The number of nitrogens with zero attached hydrogens (tertiary/aromatic N) is 2. The molecule has 0 bridgehead atoms. The summed E-state index contributed by atoms with van der Waals surface area (Å²) >= 11 is 7.19. The van der Waals surface area contributed by atoms with Gasteiger partial charge in [0.15, 0.2) is 0 Å². The molecule has 0 saturated heterocycles. The summed E-state index contributed by atoms with van der Waals surface area (Å²) in [5, 5.41) is 1.37. The van der Waals surface area contributed by atoms with Crippen LogP contribution in [0.3, 0.4) is 0 Å². The van der Waals surface area contributed by atoms with Crippen LogP contribution >= 0.6 is 23.4 Å². The third kappa shape index (κ3) is 6.06. The number of thioether (sulfide) groups is 1. The second kappa shape index (κ2) is 8.94. The summed E-state index contributed by atoms with van der Waals surface area (Å²) in [6.45, 7) is 5.09. The van der Waals surface area contributed by atoms with Crippen molar-refractivity contribution in [1.82, 2.24) is 9.88 Å². The van der Waals surface area contributed by atoms with Crippen molar-refractivity contribution in [2.24, 2.45) is 0 Å². The lowest BCUT2D eigenvalue weighted by atomic mass is 10.1.